The average molecular weight is 274 g/mol. The molecule has 0 bridgehead atoms. The molecule has 18 heavy (non-hydrogen) atoms. The fraction of sp³-hybridized carbons (Fsp3) is 0.500. The zero-order valence-electron chi connectivity index (χ0n) is 8.50. The predicted molar refractivity (Wildman–Crippen MR) is 45.7 cm³/mol. The minimum absolute atomic E-state index is 0.814. The van der Waals surface area contributed by atoms with Gasteiger partial charge in [-0.1, -0.05) is 0 Å². The van der Waals surface area contributed by atoms with E-state index in [0.29, 0.717) is 0 Å². The summed E-state index contributed by atoms with van der Waals surface area (Å²) >= 11 is 0. The van der Waals surface area contributed by atoms with Crippen molar-refractivity contribution in [3.63, 3.8) is 0 Å². The molecule has 0 amide bonds. The largest absolute Gasteiger partial charge is 0.481 e. The number of alkyl halides is 5. The summed E-state index contributed by atoms with van der Waals surface area (Å²) in [6.45, 7) is 0. The standard InChI is InChI=1S/C8H7F5N2O3/c9-7(10,8(11,12)13)6(18,3-4(16)17)5-14-1-2-15-5/h1-2,18H,3H2,(H,14,15)(H,16,17). The maximum atomic E-state index is 13.2. The van der Waals surface area contributed by atoms with Gasteiger partial charge in [0.05, 0.1) is 6.42 Å². The molecular formula is C8H7F5N2O3. The van der Waals surface area contributed by atoms with Crippen molar-refractivity contribution in [1.82, 2.24) is 9.97 Å². The molecule has 1 atom stereocenters. The van der Waals surface area contributed by atoms with E-state index in [1.54, 1.807) is 0 Å². The van der Waals surface area contributed by atoms with Crippen molar-refractivity contribution < 1.29 is 37.0 Å². The molecule has 0 saturated heterocycles. The van der Waals surface area contributed by atoms with Crippen LogP contribution in [0.4, 0.5) is 22.0 Å². The van der Waals surface area contributed by atoms with Crippen molar-refractivity contribution >= 4 is 5.97 Å². The van der Waals surface area contributed by atoms with Gasteiger partial charge in [0.25, 0.3) is 0 Å². The van der Waals surface area contributed by atoms with Crippen LogP contribution in [0.2, 0.25) is 0 Å². The first-order valence-corrected chi connectivity index (χ1v) is 4.41. The summed E-state index contributed by atoms with van der Waals surface area (Å²) in [6.07, 6.45) is -6.28. The molecule has 1 heterocycles. The van der Waals surface area contributed by atoms with E-state index < -0.39 is 35.9 Å². The molecule has 0 aliphatic heterocycles. The highest BCUT2D eigenvalue weighted by Gasteiger charge is 2.72. The second-order valence-electron chi connectivity index (χ2n) is 3.44. The maximum absolute atomic E-state index is 13.2. The van der Waals surface area contributed by atoms with Gasteiger partial charge in [0.2, 0.25) is 5.60 Å². The molecule has 1 unspecified atom stereocenters. The smallest absolute Gasteiger partial charge is 0.456 e. The van der Waals surface area contributed by atoms with Crippen molar-refractivity contribution in [2.45, 2.75) is 24.1 Å². The van der Waals surface area contributed by atoms with Gasteiger partial charge < -0.3 is 15.2 Å². The monoisotopic (exact) mass is 274 g/mol. The first kappa shape index (κ1) is 14.4. The topological polar surface area (TPSA) is 86.2 Å². The lowest BCUT2D eigenvalue weighted by molar-refractivity contribution is -0.348. The van der Waals surface area contributed by atoms with E-state index in [1.165, 1.54) is 0 Å². The van der Waals surface area contributed by atoms with Crippen molar-refractivity contribution in [2.75, 3.05) is 0 Å². The number of aliphatic carboxylic acids is 1. The third-order valence-electron chi connectivity index (χ3n) is 2.17. The number of aromatic amines is 1. The van der Waals surface area contributed by atoms with Crippen LogP contribution in [-0.4, -0.2) is 38.2 Å². The first-order valence-electron chi connectivity index (χ1n) is 4.41. The fourth-order valence-corrected chi connectivity index (χ4v) is 1.29. The molecule has 0 saturated carbocycles. The number of H-pyrrole nitrogens is 1. The number of carboxylic acid groups (broad SMARTS) is 1. The molecule has 0 aromatic carbocycles. The highest BCUT2D eigenvalue weighted by molar-refractivity contribution is 5.68. The molecule has 0 spiro atoms. The summed E-state index contributed by atoms with van der Waals surface area (Å²) in [5.74, 6) is -8.87. The Morgan fingerprint density at radius 2 is 1.89 bits per heavy atom. The van der Waals surface area contributed by atoms with Gasteiger partial charge in [-0.05, 0) is 0 Å². The number of carbonyl (C=O) groups is 1. The summed E-state index contributed by atoms with van der Waals surface area (Å²) < 4.78 is 63.1. The van der Waals surface area contributed by atoms with Crippen LogP contribution < -0.4 is 0 Å². The number of nitrogens with one attached hydrogen (secondary N) is 1. The minimum Gasteiger partial charge on any atom is -0.481 e. The summed E-state index contributed by atoms with van der Waals surface area (Å²) in [6, 6.07) is 0. The third kappa shape index (κ3) is 2.15. The SMILES string of the molecule is O=C(O)CC(O)(c1ncc[nH]1)C(F)(F)C(F)(F)F. The molecule has 0 radical (unpaired) electrons. The van der Waals surface area contributed by atoms with Crippen molar-refractivity contribution in [2.24, 2.45) is 0 Å². The zero-order valence-corrected chi connectivity index (χ0v) is 8.50. The number of nitrogens with zero attached hydrogens (tertiary/aromatic N) is 1. The van der Waals surface area contributed by atoms with E-state index in [0.717, 1.165) is 12.4 Å². The molecule has 0 aliphatic carbocycles. The number of halogens is 5. The van der Waals surface area contributed by atoms with Gasteiger partial charge in [-0.3, -0.25) is 4.79 Å². The number of rotatable bonds is 4. The van der Waals surface area contributed by atoms with E-state index in [2.05, 4.69) is 4.98 Å². The molecule has 10 heteroatoms. The lowest BCUT2D eigenvalue weighted by atomic mass is 9.90. The van der Waals surface area contributed by atoms with Crippen molar-refractivity contribution in [3.8, 4) is 0 Å². The van der Waals surface area contributed by atoms with Gasteiger partial charge in [-0.25, -0.2) is 4.98 Å². The molecule has 102 valence electrons. The summed E-state index contributed by atoms with van der Waals surface area (Å²) in [5.41, 5.74) is -4.00. The number of carboxylic acids is 1. The third-order valence-corrected chi connectivity index (χ3v) is 2.17. The number of aliphatic hydroxyl groups is 1. The van der Waals surface area contributed by atoms with Crippen LogP contribution in [0.15, 0.2) is 12.4 Å². The van der Waals surface area contributed by atoms with Crippen LogP contribution >= 0.6 is 0 Å². The molecule has 0 fully saturated rings. The fourth-order valence-electron chi connectivity index (χ4n) is 1.29. The summed E-state index contributed by atoms with van der Waals surface area (Å²) in [5, 5.41) is 17.8. The van der Waals surface area contributed by atoms with E-state index in [4.69, 9.17) is 5.11 Å². The van der Waals surface area contributed by atoms with E-state index in [1.807, 2.05) is 4.98 Å². The Labute approximate surface area is 96.3 Å². The molecule has 3 N–H and O–H groups in total. The highest BCUT2D eigenvalue weighted by Crippen LogP contribution is 2.49. The van der Waals surface area contributed by atoms with E-state index in [-0.39, 0.29) is 0 Å². The number of hydrogen-bond acceptors (Lipinski definition) is 3. The Balaban J connectivity index is 3.34. The van der Waals surface area contributed by atoms with E-state index >= 15 is 0 Å². The van der Waals surface area contributed by atoms with Gasteiger partial charge in [0.15, 0.2) is 0 Å². The molecule has 1 aromatic rings. The number of imidazole rings is 1. The molecule has 1 rings (SSSR count). The predicted octanol–water partition coefficient (Wildman–Crippen LogP) is 1.27. The Hall–Kier alpha value is -1.71. The molecule has 0 aliphatic rings. The van der Waals surface area contributed by atoms with Crippen LogP contribution in [0.1, 0.15) is 12.2 Å². The lowest BCUT2D eigenvalue weighted by Gasteiger charge is -2.34. The zero-order chi connectivity index (χ0) is 14.2. The second-order valence-corrected chi connectivity index (χ2v) is 3.44. The van der Waals surface area contributed by atoms with Crippen molar-refractivity contribution in [3.05, 3.63) is 18.2 Å². The number of hydrogen-bond donors (Lipinski definition) is 3. The van der Waals surface area contributed by atoms with Crippen LogP contribution in [0, 0.1) is 0 Å². The van der Waals surface area contributed by atoms with Crippen LogP contribution in [-0.2, 0) is 10.4 Å². The Bertz CT molecular complexity index is 430. The first-order chi connectivity index (χ1) is 8.02. The second kappa shape index (κ2) is 4.19. The summed E-state index contributed by atoms with van der Waals surface area (Å²) in [7, 11) is 0. The Kier molecular flexibility index (Phi) is 3.34. The summed E-state index contributed by atoms with van der Waals surface area (Å²) in [4.78, 5) is 15.3. The minimum atomic E-state index is -6.12. The van der Waals surface area contributed by atoms with Crippen LogP contribution in [0.3, 0.4) is 0 Å². The van der Waals surface area contributed by atoms with Gasteiger partial charge in [0.1, 0.15) is 5.82 Å². The van der Waals surface area contributed by atoms with Crippen LogP contribution in [0.5, 0.6) is 0 Å². The molecule has 1 aromatic heterocycles. The Morgan fingerprint density at radius 3 is 2.22 bits per heavy atom. The quantitative estimate of drug-likeness (QED) is 0.722. The van der Waals surface area contributed by atoms with Gasteiger partial charge >= 0.3 is 18.1 Å². The lowest BCUT2D eigenvalue weighted by Crippen LogP contribution is -2.56. The maximum Gasteiger partial charge on any atom is 0.456 e. The van der Waals surface area contributed by atoms with Gasteiger partial charge in [0, 0.05) is 12.4 Å². The average Bonchev–Trinajstić information content (AvgIpc) is 2.66. The van der Waals surface area contributed by atoms with Gasteiger partial charge in [-0.2, -0.15) is 22.0 Å². The van der Waals surface area contributed by atoms with Gasteiger partial charge in [-0.15, -0.1) is 0 Å². The van der Waals surface area contributed by atoms with Crippen molar-refractivity contribution in [1.29, 1.82) is 0 Å². The highest BCUT2D eigenvalue weighted by atomic mass is 19.4. The normalized spacial score (nSPS) is 16.3. The molecular weight excluding hydrogens is 267 g/mol. The number of aromatic nitrogens is 2. The Morgan fingerprint density at radius 1 is 1.33 bits per heavy atom. The molecule has 5 nitrogen and oxygen atoms in total. The van der Waals surface area contributed by atoms with Crippen LogP contribution in [0.25, 0.3) is 0 Å². The van der Waals surface area contributed by atoms with E-state index in [9.17, 15) is 31.9 Å².